The third kappa shape index (κ3) is 2.89. The number of urea groups is 1. The number of benzene rings is 1. The van der Waals surface area contributed by atoms with Crippen LogP contribution in [0.3, 0.4) is 0 Å². The average molecular weight is 289 g/mol. The first-order valence-electron chi connectivity index (χ1n) is 7.67. The SMILES string of the molecule is CC(C)N1CCN(c2ccc(C3CNCCO3)cc2)C1=O. The molecular weight excluding hydrogens is 266 g/mol. The smallest absolute Gasteiger partial charge is 0.324 e. The Morgan fingerprint density at radius 2 is 2.00 bits per heavy atom. The minimum atomic E-state index is 0.105. The van der Waals surface area contributed by atoms with Gasteiger partial charge in [0, 0.05) is 37.9 Å². The Morgan fingerprint density at radius 1 is 1.24 bits per heavy atom. The second-order valence-corrected chi connectivity index (χ2v) is 5.88. The Kier molecular flexibility index (Phi) is 4.12. The van der Waals surface area contributed by atoms with E-state index in [0.29, 0.717) is 0 Å². The highest BCUT2D eigenvalue weighted by molar-refractivity contribution is 5.94. The molecule has 0 bridgehead atoms. The van der Waals surface area contributed by atoms with E-state index in [1.54, 1.807) is 0 Å². The molecule has 2 aliphatic heterocycles. The number of hydrogen-bond donors (Lipinski definition) is 1. The molecule has 5 heteroatoms. The molecule has 2 amide bonds. The summed E-state index contributed by atoms with van der Waals surface area (Å²) >= 11 is 0. The first-order valence-corrected chi connectivity index (χ1v) is 7.67. The third-order valence-corrected chi connectivity index (χ3v) is 4.17. The molecule has 0 aliphatic carbocycles. The maximum Gasteiger partial charge on any atom is 0.324 e. The van der Waals surface area contributed by atoms with E-state index in [9.17, 15) is 4.79 Å². The quantitative estimate of drug-likeness (QED) is 0.925. The van der Waals surface area contributed by atoms with E-state index in [1.165, 1.54) is 5.56 Å². The highest BCUT2D eigenvalue weighted by atomic mass is 16.5. The van der Waals surface area contributed by atoms with Crippen molar-refractivity contribution in [2.75, 3.05) is 37.7 Å². The van der Waals surface area contributed by atoms with Crippen molar-refractivity contribution in [3.63, 3.8) is 0 Å². The number of anilines is 1. The molecule has 0 aromatic heterocycles. The molecule has 1 aromatic carbocycles. The standard InChI is InChI=1S/C16H23N3O2/c1-12(2)18-8-9-19(16(18)20)14-5-3-13(4-6-14)15-11-17-7-10-21-15/h3-6,12,15,17H,7-11H2,1-2H3. The van der Waals surface area contributed by atoms with E-state index < -0.39 is 0 Å². The zero-order valence-corrected chi connectivity index (χ0v) is 12.7. The van der Waals surface area contributed by atoms with Crippen LogP contribution in [0.25, 0.3) is 0 Å². The van der Waals surface area contributed by atoms with Crippen molar-refractivity contribution in [1.29, 1.82) is 0 Å². The summed E-state index contributed by atoms with van der Waals surface area (Å²) in [6.45, 7) is 8.19. The minimum absolute atomic E-state index is 0.105. The van der Waals surface area contributed by atoms with E-state index >= 15 is 0 Å². The molecule has 114 valence electrons. The lowest BCUT2D eigenvalue weighted by Gasteiger charge is -2.25. The van der Waals surface area contributed by atoms with E-state index in [1.807, 2.05) is 21.9 Å². The van der Waals surface area contributed by atoms with Gasteiger partial charge in [-0.1, -0.05) is 12.1 Å². The summed E-state index contributed by atoms with van der Waals surface area (Å²) in [7, 11) is 0. The predicted octanol–water partition coefficient (Wildman–Crippen LogP) is 2.00. The normalized spacial score (nSPS) is 23.2. The molecule has 1 unspecified atom stereocenters. The summed E-state index contributed by atoms with van der Waals surface area (Å²) in [4.78, 5) is 16.1. The number of carbonyl (C=O) groups excluding carboxylic acids is 1. The van der Waals surface area contributed by atoms with Crippen LogP contribution >= 0.6 is 0 Å². The van der Waals surface area contributed by atoms with Crippen molar-refractivity contribution < 1.29 is 9.53 Å². The number of nitrogens with zero attached hydrogens (tertiary/aromatic N) is 2. The number of morpholine rings is 1. The van der Waals surface area contributed by atoms with Gasteiger partial charge in [-0.3, -0.25) is 4.90 Å². The van der Waals surface area contributed by atoms with Gasteiger partial charge in [-0.2, -0.15) is 0 Å². The molecule has 5 nitrogen and oxygen atoms in total. The van der Waals surface area contributed by atoms with Crippen LogP contribution in [0.2, 0.25) is 0 Å². The van der Waals surface area contributed by atoms with Gasteiger partial charge in [0.05, 0.1) is 12.7 Å². The Balaban J connectivity index is 1.71. The average Bonchev–Trinajstić information content (AvgIpc) is 2.90. The van der Waals surface area contributed by atoms with Gasteiger partial charge < -0.3 is 15.0 Å². The van der Waals surface area contributed by atoms with Gasteiger partial charge in [0.25, 0.3) is 0 Å². The molecule has 1 atom stereocenters. The molecule has 21 heavy (non-hydrogen) atoms. The topological polar surface area (TPSA) is 44.8 Å². The van der Waals surface area contributed by atoms with E-state index in [2.05, 4.69) is 31.3 Å². The Labute approximate surface area is 125 Å². The Bertz CT molecular complexity index is 495. The summed E-state index contributed by atoms with van der Waals surface area (Å²) in [6.07, 6.45) is 0.120. The predicted molar refractivity (Wildman–Crippen MR) is 82.6 cm³/mol. The monoisotopic (exact) mass is 289 g/mol. The van der Waals surface area contributed by atoms with Crippen molar-refractivity contribution in [3.05, 3.63) is 29.8 Å². The summed E-state index contributed by atoms with van der Waals surface area (Å²) in [5.41, 5.74) is 2.13. The molecule has 2 saturated heterocycles. The first kappa shape index (κ1) is 14.4. The lowest BCUT2D eigenvalue weighted by atomic mass is 10.1. The lowest BCUT2D eigenvalue weighted by Crippen LogP contribution is -2.36. The van der Waals surface area contributed by atoms with Crippen molar-refractivity contribution >= 4 is 11.7 Å². The van der Waals surface area contributed by atoms with Gasteiger partial charge in [-0.25, -0.2) is 4.79 Å². The van der Waals surface area contributed by atoms with Gasteiger partial charge in [-0.15, -0.1) is 0 Å². The van der Waals surface area contributed by atoms with Gasteiger partial charge >= 0.3 is 6.03 Å². The van der Waals surface area contributed by atoms with Gasteiger partial charge in [0.2, 0.25) is 0 Å². The molecule has 0 radical (unpaired) electrons. The van der Waals surface area contributed by atoms with Crippen LogP contribution < -0.4 is 10.2 Å². The minimum Gasteiger partial charge on any atom is -0.371 e. The third-order valence-electron chi connectivity index (χ3n) is 4.17. The molecule has 2 heterocycles. The lowest BCUT2D eigenvalue weighted by molar-refractivity contribution is 0.0277. The number of rotatable bonds is 3. The van der Waals surface area contributed by atoms with Crippen molar-refractivity contribution in [2.45, 2.75) is 26.0 Å². The van der Waals surface area contributed by atoms with Crippen LogP contribution in [0.15, 0.2) is 24.3 Å². The zero-order valence-electron chi connectivity index (χ0n) is 12.7. The van der Waals surface area contributed by atoms with Crippen LogP contribution in [0.1, 0.15) is 25.5 Å². The first-order chi connectivity index (χ1) is 10.2. The number of hydrogen-bond acceptors (Lipinski definition) is 3. The maximum absolute atomic E-state index is 12.4. The molecule has 0 saturated carbocycles. The number of nitrogens with one attached hydrogen (secondary N) is 1. The molecule has 1 aromatic rings. The van der Waals surface area contributed by atoms with E-state index in [4.69, 9.17) is 4.74 Å². The van der Waals surface area contributed by atoms with Gasteiger partial charge in [-0.05, 0) is 31.5 Å². The van der Waals surface area contributed by atoms with Crippen molar-refractivity contribution in [1.82, 2.24) is 10.2 Å². The van der Waals surface area contributed by atoms with Gasteiger partial charge in [0.1, 0.15) is 0 Å². The van der Waals surface area contributed by atoms with Crippen molar-refractivity contribution in [3.8, 4) is 0 Å². The number of carbonyl (C=O) groups is 1. The van der Waals surface area contributed by atoms with E-state index in [-0.39, 0.29) is 18.2 Å². The molecule has 3 rings (SSSR count). The Morgan fingerprint density at radius 3 is 2.57 bits per heavy atom. The van der Waals surface area contributed by atoms with Crippen LogP contribution in [0, 0.1) is 0 Å². The van der Waals surface area contributed by atoms with Crippen molar-refractivity contribution in [2.24, 2.45) is 0 Å². The highest BCUT2D eigenvalue weighted by Gasteiger charge is 2.31. The van der Waals surface area contributed by atoms with Crippen LogP contribution in [-0.2, 0) is 4.74 Å². The van der Waals surface area contributed by atoms with Crippen LogP contribution in [-0.4, -0.2) is 49.8 Å². The summed E-state index contributed by atoms with van der Waals surface area (Å²) in [5.74, 6) is 0. The largest absolute Gasteiger partial charge is 0.371 e. The summed E-state index contributed by atoms with van der Waals surface area (Å²) in [6, 6.07) is 8.54. The molecule has 1 N–H and O–H groups in total. The zero-order chi connectivity index (χ0) is 14.8. The maximum atomic E-state index is 12.4. The molecule has 2 fully saturated rings. The molecule has 0 spiro atoms. The summed E-state index contributed by atoms with van der Waals surface area (Å²) < 4.78 is 5.75. The number of ether oxygens (including phenoxy) is 1. The fraction of sp³-hybridized carbons (Fsp3) is 0.562. The second kappa shape index (κ2) is 6.03. The van der Waals surface area contributed by atoms with Gasteiger partial charge in [0.15, 0.2) is 0 Å². The van der Waals surface area contributed by atoms with Crippen LogP contribution in [0.5, 0.6) is 0 Å². The van der Waals surface area contributed by atoms with E-state index in [0.717, 1.165) is 38.5 Å². The fourth-order valence-electron chi connectivity index (χ4n) is 2.92. The summed E-state index contributed by atoms with van der Waals surface area (Å²) in [5, 5.41) is 3.33. The second-order valence-electron chi connectivity index (χ2n) is 5.88. The van der Waals surface area contributed by atoms with Crippen LogP contribution in [0.4, 0.5) is 10.5 Å². The molecular formula is C16H23N3O2. The highest BCUT2D eigenvalue weighted by Crippen LogP contribution is 2.25. The Hall–Kier alpha value is -1.59. The fourth-order valence-corrected chi connectivity index (χ4v) is 2.92. The molecule has 2 aliphatic rings. The number of amides is 2.